The van der Waals surface area contributed by atoms with Crippen molar-refractivity contribution in [1.29, 1.82) is 0 Å². The van der Waals surface area contributed by atoms with Crippen LogP contribution in [0.5, 0.6) is 11.5 Å². The molecule has 2 N–H and O–H groups in total. The second-order valence-electron chi connectivity index (χ2n) is 4.85. The van der Waals surface area contributed by atoms with E-state index in [4.69, 9.17) is 21.7 Å². The van der Waals surface area contributed by atoms with Gasteiger partial charge in [0.1, 0.15) is 18.1 Å². The van der Waals surface area contributed by atoms with E-state index in [1.165, 1.54) is 0 Å². The molecule has 2 aromatic rings. The van der Waals surface area contributed by atoms with Crippen molar-refractivity contribution >= 4 is 23.0 Å². The lowest BCUT2D eigenvalue weighted by atomic mass is 10.3. The summed E-state index contributed by atoms with van der Waals surface area (Å²) in [4.78, 5) is 0. The van der Waals surface area contributed by atoms with Gasteiger partial charge in [-0.3, -0.25) is 0 Å². The minimum Gasteiger partial charge on any atom is -0.497 e. The van der Waals surface area contributed by atoms with Gasteiger partial charge in [0.2, 0.25) is 0 Å². The first-order valence-corrected chi connectivity index (χ1v) is 7.47. The first-order chi connectivity index (χ1) is 10.7. The molecule has 0 spiro atoms. The third kappa shape index (κ3) is 5.26. The average Bonchev–Trinajstić information content (AvgIpc) is 2.54. The lowest BCUT2D eigenvalue weighted by Gasteiger charge is -2.17. The average molecular weight is 316 g/mol. The molecule has 0 fully saturated rings. The molecule has 0 aliphatic heterocycles. The number of thiocarbonyl (C=S) groups is 1. The Morgan fingerprint density at radius 1 is 1.05 bits per heavy atom. The third-order valence-corrected chi connectivity index (χ3v) is 3.19. The Balaban J connectivity index is 1.75. The van der Waals surface area contributed by atoms with Crippen LogP contribution in [0.4, 0.5) is 5.69 Å². The molecule has 0 aromatic heterocycles. The number of hydrogen-bond donors (Lipinski definition) is 2. The summed E-state index contributed by atoms with van der Waals surface area (Å²) in [6.45, 7) is 2.55. The van der Waals surface area contributed by atoms with E-state index >= 15 is 0 Å². The zero-order valence-electron chi connectivity index (χ0n) is 12.7. The minimum atomic E-state index is 0.0958. The number of methoxy groups -OCH3 is 1. The van der Waals surface area contributed by atoms with Crippen LogP contribution < -0.4 is 20.1 Å². The van der Waals surface area contributed by atoms with Gasteiger partial charge >= 0.3 is 0 Å². The highest BCUT2D eigenvalue weighted by Gasteiger charge is 2.05. The van der Waals surface area contributed by atoms with Crippen molar-refractivity contribution in [2.24, 2.45) is 0 Å². The molecule has 2 rings (SSSR count). The molecule has 0 saturated heterocycles. The first kappa shape index (κ1) is 16.1. The minimum absolute atomic E-state index is 0.0958. The van der Waals surface area contributed by atoms with Crippen LogP contribution in [-0.4, -0.2) is 24.9 Å². The quantitative estimate of drug-likeness (QED) is 0.799. The molecule has 0 unspecified atom stereocenters. The summed E-state index contributed by atoms with van der Waals surface area (Å²) in [5, 5.41) is 6.89. The molecule has 2 aromatic carbocycles. The Bertz CT molecular complexity index is 587. The van der Waals surface area contributed by atoms with E-state index in [9.17, 15) is 0 Å². The van der Waals surface area contributed by atoms with E-state index in [2.05, 4.69) is 10.6 Å². The summed E-state index contributed by atoms with van der Waals surface area (Å²) in [7, 11) is 1.64. The molecule has 116 valence electrons. The number of nitrogens with one attached hydrogen (secondary N) is 2. The third-order valence-electron chi connectivity index (χ3n) is 2.97. The number of para-hydroxylation sites is 1. The van der Waals surface area contributed by atoms with Gasteiger partial charge in [0.25, 0.3) is 0 Å². The number of benzene rings is 2. The van der Waals surface area contributed by atoms with Crippen molar-refractivity contribution in [2.45, 2.75) is 13.0 Å². The Kier molecular flexibility index (Phi) is 6.03. The van der Waals surface area contributed by atoms with Crippen molar-refractivity contribution in [3.63, 3.8) is 0 Å². The second kappa shape index (κ2) is 8.24. The molecule has 0 amide bonds. The molecule has 4 nitrogen and oxygen atoms in total. The molecular weight excluding hydrogens is 296 g/mol. The summed E-state index contributed by atoms with van der Waals surface area (Å²) < 4.78 is 10.8. The number of hydrogen-bond acceptors (Lipinski definition) is 3. The van der Waals surface area contributed by atoms with Crippen LogP contribution >= 0.6 is 12.2 Å². The van der Waals surface area contributed by atoms with Gasteiger partial charge in [0.15, 0.2) is 5.11 Å². The highest BCUT2D eigenvalue weighted by molar-refractivity contribution is 7.80. The zero-order valence-corrected chi connectivity index (χ0v) is 13.5. The lowest BCUT2D eigenvalue weighted by molar-refractivity contribution is 0.287. The van der Waals surface area contributed by atoms with Crippen LogP contribution in [0.1, 0.15) is 6.92 Å². The first-order valence-electron chi connectivity index (χ1n) is 7.07. The SMILES string of the molecule is COc1ccc(NC(=S)N[C@H](C)COc2ccccc2)cc1. The topological polar surface area (TPSA) is 42.5 Å². The van der Waals surface area contributed by atoms with Crippen molar-refractivity contribution in [3.8, 4) is 11.5 Å². The fourth-order valence-corrected chi connectivity index (χ4v) is 2.16. The Morgan fingerprint density at radius 2 is 1.73 bits per heavy atom. The van der Waals surface area contributed by atoms with Crippen LogP contribution in [-0.2, 0) is 0 Å². The van der Waals surface area contributed by atoms with Gasteiger partial charge in [-0.15, -0.1) is 0 Å². The van der Waals surface area contributed by atoms with Gasteiger partial charge in [-0.1, -0.05) is 18.2 Å². The van der Waals surface area contributed by atoms with E-state index in [1.807, 2.05) is 61.5 Å². The van der Waals surface area contributed by atoms with Crippen LogP contribution in [0, 0.1) is 0 Å². The standard InChI is InChI=1S/C17H20N2O2S/c1-13(12-21-16-6-4-3-5-7-16)18-17(22)19-14-8-10-15(20-2)11-9-14/h3-11,13H,12H2,1-2H3,(H2,18,19,22)/t13-/m1/s1. The number of anilines is 1. The Hall–Kier alpha value is -2.27. The molecular formula is C17H20N2O2S. The monoisotopic (exact) mass is 316 g/mol. The van der Waals surface area contributed by atoms with Crippen molar-refractivity contribution in [3.05, 3.63) is 54.6 Å². The largest absolute Gasteiger partial charge is 0.497 e. The summed E-state index contributed by atoms with van der Waals surface area (Å²) >= 11 is 5.30. The van der Waals surface area contributed by atoms with E-state index in [0.29, 0.717) is 11.7 Å². The molecule has 0 saturated carbocycles. The van der Waals surface area contributed by atoms with Gasteiger partial charge in [-0.2, -0.15) is 0 Å². The van der Waals surface area contributed by atoms with Gasteiger partial charge in [0, 0.05) is 5.69 Å². The van der Waals surface area contributed by atoms with Crippen LogP contribution in [0.15, 0.2) is 54.6 Å². The van der Waals surface area contributed by atoms with Gasteiger partial charge in [-0.05, 0) is 55.5 Å². The Labute approximate surface area is 136 Å². The molecule has 0 aliphatic rings. The molecule has 0 aliphatic carbocycles. The molecule has 0 bridgehead atoms. The second-order valence-corrected chi connectivity index (χ2v) is 5.26. The maximum atomic E-state index is 5.68. The normalized spacial score (nSPS) is 11.4. The lowest BCUT2D eigenvalue weighted by Crippen LogP contribution is -2.39. The summed E-state index contributed by atoms with van der Waals surface area (Å²) in [6, 6.07) is 17.4. The fraction of sp³-hybridized carbons (Fsp3) is 0.235. The molecule has 0 heterocycles. The highest BCUT2D eigenvalue weighted by atomic mass is 32.1. The smallest absolute Gasteiger partial charge is 0.171 e. The van der Waals surface area contributed by atoms with E-state index in [0.717, 1.165) is 17.2 Å². The van der Waals surface area contributed by atoms with E-state index in [-0.39, 0.29) is 6.04 Å². The van der Waals surface area contributed by atoms with Crippen LogP contribution in [0.3, 0.4) is 0 Å². The van der Waals surface area contributed by atoms with E-state index < -0.39 is 0 Å². The predicted molar refractivity (Wildman–Crippen MR) is 93.7 cm³/mol. The fourth-order valence-electron chi connectivity index (χ4n) is 1.84. The van der Waals surface area contributed by atoms with E-state index in [1.54, 1.807) is 7.11 Å². The van der Waals surface area contributed by atoms with Gasteiger partial charge in [-0.25, -0.2) is 0 Å². The van der Waals surface area contributed by atoms with Crippen molar-refractivity contribution in [2.75, 3.05) is 19.0 Å². The predicted octanol–water partition coefficient (Wildman–Crippen LogP) is 3.45. The summed E-state index contributed by atoms with van der Waals surface area (Å²) in [5.41, 5.74) is 0.912. The molecule has 22 heavy (non-hydrogen) atoms. The van der Waals surface area contributed by atoms with Gasteiger partial charge < -0.3 is 20.1 Å². The summed E-state index contributed by atoms with van der Waals surface area (Å²) in [6.07, 6.45) is 0. The maximum Gasteiger partial charge on any atom is 0.171 e. The Morgan fingerprint density at radius 3 is 2.36 bits per heavy atom. The van der Waals surface area contributed by atoms with Crippen molar-refractivity contribution < 1.29 is 9.47 Å². The highest BCUT2D eigenvalue weighted by Crippen LogP contribution is 2.14. The van der Waals surface area contributed by atoms with Crippen LogP contribution in [0.25, 0.3) is 0 Å². The zero-order chi connectivity index (χ0) is 15.8. The van der Waals surface area contributed by atoms with Crippen LogP contribution in [0.2, 0.25) is 0 Å². The molecule has 0 radical (unpaired) electrons. The molecule has 1 atom stereocenters. The van der Waals surface area contributed by atoms with Crippen molar-refractivity contribution in [1.82, 2.24) is 5.32 Å². The van der Waals surface area contributed by atoms with Gasteiger partial charge in [0.05, 0.1) is 13.2 Å². The molecule has 5 heteroatoms. The number of rotatable bonds is 6. The maximum absolute atomic E-state index is 5.68. The summed E-state index contributed by atoms with van der Waals surface area (Å²) in [5.74, 6) is 1.67. The number of ether oxygens (including phenoxy) is 2.